The number of aromatic nitrogens is 2. The standard InChI is InChI=1S/C27H31BrF3N3O3S/c1-15(2)16(3)21-12-18(10-11-34(21)26-32-23(28)14-38-26)35-13-20-24(33-37-25(20)17-8-9-17)19-6-4-5-7-22(19)36-27(29,30)31/h4-7,14-18,21H,8-13H2,1-3H3/t16-,18+,21?/m1/s1. The van der Waals surface area contributed by atoms with Crippen LogP contribution in [0, 0.1) is 11.8 Å². The third-order valence-corrected chi connectivity index (χ3v) is 9.15. The van der Waals surface area contributed by atoms with E-state index in [1.165, 1.54) is 12.1 Å². The first-order valence-electron chi connectivity index (χ1n) is 12.9. The number of ether oxygens (including phenoxy) is 2. The predicted octanol–water partition coefficient (Wildman–Crippen LogP) is 8.18. The van der Waals surface area contributed by atoms with Crippen LogP contribution in [0.4, 0.5) is 18.3 Å². The van der Waals surface area contributed by atoms with E-state index in [-0.39, 0.29) is 36.0 Å². The molecule has 2 fully saturated rings. The second-order valence-corrected chi connectivity index (χ2v) is 12.1. The fourth-order valence-electron chi connectivity index (χ4n) is 5.09. The maximum atomic E-state index is 13.1. The number of benzene rings is 1. The maximum absolute atomic E-state index is 13.1. The van der Waals surface area contributed by atoms with Gasteiger partial charge in [0.1, 0.15) is 21.8 Å². The molecule has 1 unspecified atom stereocenters. The van der Waals surface area contributed by atoms with E-state index < -0.39 is 6.36 Å². The molecule has 0 bridgehead atoms. The molecule has 3 heterocycles. The van der Waals surface area contributed by atoms with Crippen LogP contribution in [0.3, 0.4) is 0 Å². The smallest absolute Gasteiger partial charge is 0.405 e. The maximum Gasteiger partial charge on any atom is 0.573 e. The zero-order valence-corrected chi connectivity index (χ0v) is 23.9. The average Bonchev–Trinajstić information content (AvgIpc) is 3.48. The number of rotatable bonds is 9. The minimum absolute atomic E-state index is 0.00248. The Morgan fingerprint density at radius 1 is 1.18 bits per heavy atom. The number of halogens is 4. The van der Waals surface area contributed by atoms with Crippen LogP contribution in [-0.2, 0) is 11.3 Å². The normalized spacial score (nSPS) is 21.2. The summed E-state index contributed by atoms with van der Waals surface area (Å²) in [5.74, 6) is 1.54. The second-order valence-electron chi connectivity index (χ2n) is 10.5. The fraction of sp³-hybridized carbons (Fsp3) is 0.556. The lowest BCUT2D eigenvalue weighted by Gasteiger charge is -2.43. The largest absolute Gasteiger partial charge is 0.573 e. The van der Waals surface area contributed by atoms with Crippen LogP contribution in [0.25, 0.3) is 11.3 Å². The number of thiazole rings is 1. The lowest BCUT2D eigenvalue weighted by Crippen LogP contribution is -2.49. The number of hydrogen-bond donors (Lipinski definition) is 0. The van der Waals surface area contributed by atoms with Gasteiger partial charge in [-0.2, -0.15) is 0 Å². The Balaban J connectivity index is 1.37. The van der Waals surface area contributed by atoms with Crippen LogP contribution in [0.15, 0.2) is 38.8 Å². The third-order valence-electron chi connectivity index (χ3n) is 7.56. The molecule has 0 radical (unpaired) electrons. The summed E-state index contributed by atoms with van der Waals surface area (Å²) in [4.78, 5) is 7.06. The van der Waals surface area contributed by atoms with Gasteiger partial charge in [0.25, 0.3) is 0 Å². The summed E-state index contributed by atoms with van der Waals surface area (Å²) in [6, 6.07) is 6.30. The first-order chi connectivity index (χ1) is 18.1. The summed E-state index contributed by atoms with van der Waals surface area (Å²) < 4.78 is 56.6. The lowest BCUT2D eigenvalue weighted by molar-refractivity contribution is -0.274. The second kappa shape index (κ2) is 11.2. The summed E-state index contributed by atoms with van der Waals surface area (Å²) in [5, 5.41) is 7.21. The molecule has 1 saturated carbocycles. The Morgan fingerprint density at radius 3 is 2.61 bits per heavy atom. The molecule has 0 spiro atoms. The van der Waals surface area contributed by atoms with Crippen LogP contribution in [0.2, 0.25) is 0 Å². The van der Waals surface area contributed by atoms with E-state index in [1.807, 2.05) is 5.38 Å². The van der Waals surface area contributed by atoms with Crippen molar-refractivity contribution in [2.24, 2.45) is 11.8 Å². The van der Waals surface area contributed by atoms with Crippen molar-refractivity contribution >= 4 is 32.4 Å². The number of nitrogens with zero attached hydrogens (tertiary/aromatic N) is 3. The van der Waals surface area contributed by atoms with Crippen molar-refractivity contribution in [2.75, 3.05) is 11.4 Å². The Kier molecular flexibility index (Phi) is 8.07. The van der Waals surface area contributed by atoms with Gasteiger partial charge in [0.2, 0.25) is 0 Å². The SMILES string of the molecule is CC(C)[C@@H](C)C1C[C@@H](OCc2c(-c3ccccc3OC(F)(F)F)noc2C2CC2)CCN1c1nc(Br)cs1. The van der Waals surface area contributed by atoms with Gasteiger partial charge in [-0.3, -0.25) is 0 Å². The molecule has 5 rings (SSSR count). The molecule has 1 aromatic carbocycles. The Hall–Kier alpha value is -2.11. The monoisotopic (exact) mass is 613 g/mol. The quantitative estimate of drug-likeness (QED) is 0.242. The van der Waals surface area contributed by atoms with E-state index in [9.17, 15) is 13.2 Å². The number of anilines is 1. The zero-order chi connectivity index (χ0) is 27.0. The number of piperidine rings is 1. The van der Waals surface area contributed by atoms with Crippen molar-refractivity contribution in [1.29, 1.82) is 0 Å². The van der Waals surface area contributed by atoms with Crippen molar-refractivity contribution in [2.45, 2.75) is 77.5 Å². The Morgan fingerprint density at radius 2 is 1.95 bits per heavy atom. The molecule has 1 saturated heterocycles. The van der Waals surface area contributed by atoms with E-state index in [2.05, 4.69) is 56.5 Å². The van der Waals surface area contributed by atoms with Gasteiger partial charge in [-0.25, -0.2) is 4.98 Å². The van der Waals surface area contributed by atoms with Crippen molar-refractivity contribution in [3.8, 4) is 17.0 Å². The average molecular weight is 615 g/mol. The van der Waals surface area contributed by atoms with E-state index in [0.717, 1.165) is 42.0 Å². The highest BCUT2D eigenvalue weighted by Gasteiger charge is 2.38. The molecular formula is C27H31BrF3N3O3S. The topological polar surface area (TPSA) is 60.6 Å². The third kappa shape index (κ3) is 6.20. The van der Waals surface area contributed by atoms with Crippen LogP contribution < -0.4 is 9.64 Å². The van der Waals surface area contributed by atoms with Gasteiger partial charge >= 0.3 is 6.36 Å². The van der Waals surface area contributed by atoms with Gasteiger partial charge in [0, 0.05) is 35.0 Å². The van der Waals surface area contributed by atoms with Crippen molar-refractivity contribution in [3.63, 3.8) is 0 Å². The van der Waals surface area contributed by atoms with Gasteiger partial charge in [0.05, 0.1) is 12.7 Å². The van der Waals surface area contributed by atoms with Crippen molar-refractivity contribution in [3.05, 3.63) is 45.6 Å². The van der Waals surface area contributed by atoms with E-state index in [0.29, 0.717) is 28.9 Å². The summed E-state index contributed by atoms with van der Waals surface area (Å²) >= 11 is 5.11. The highest BCUT2D eigenvalue weighted by molar-refractivity contribution is 9.10. The molecule has 0 amide bonds. The molecule has 38 heavy (non-hydrogen) atoms. The molecule has 0 N–H and O–H groups in total. The van der Waals surface area contributed by atoms with Crippen LogP contribution in [0.1, 0.15) is 63.7 Å². The number of para-hydroxylation sites is 1. The summed E-state index contributed by atoms with van der Waals surface area (Å²) in [5.41, 5.74) is 1.31. The van der Waals surface area contributed by atoms with Gasteiger partial charge in [-0.15, -0.1) is 24.5 Å². The first kappa shape index (κ1) is 27.5. The molecule has 1 aliphatic heterocycles. The van der Waals surface area contributed by atoms with Gasteiger partial charge in [0.15, 0.2) is 5.13 Å². The minimum Gasteiger partial charge on any atom is -0.405 e. The summed E-state index contributed by atoms with van der Waals surface area (Å²) in [7, 11) is 0. The predicted molar refractivity (Wildman–Crippen MR) is 143 cm³/mol. The number of hydrogen-bond acceptors (Lipinski definition) is 7. The van der Waals surface area contributed by atoms with Crippen LogP contribution in [-0.4, -0.2) is 35.2 Å². The molecule has 1 aliphatic carbocycles. The molecular weight excluding hydrogens is 583 g/mol. The van der Waals surface area contributed by atoms with E-state index in [4.69, 9.17) is 9.26 Å². The Bertz CT molecular complexity index is 1240. The molecule has 6 nitrogen and oxygen atoms in total. The molecule has 2 aliphatic rings. The first-order valence-corrected chi connectivity index (χ1v) is 14.6. The zero-order valence-electron chi connectivity index (χ0n) is 21.5. The van der Waals surface area contributed by atoms with Crippen molar-refractivity contribution in [1.82, 2.24) is 10.1 Å². The number of alkyl halides is 3. The molecule has 206 valence electrons. The molecule has 2 aromatic heterocycles. The molecule has 3 atom stereocenters. The minimum atomic E-state index is -4.81. The lowest BCUT2D eigenvalue weighted by atomic mass is 9.83. The summed E-state index contributed by atoms with van der Waals surface area (Å²) in [6.07, 6.45) is -1.21. The molecule has 3 aromatic rings. The summed E-state index contributed by atoms with van der Waals surface area (Å²) in [6.45, 7) is 7.78. The van der Waals surface area contributed by atoms with E-state index in [1.54, 1.807) is 23.5 Å². The van der Waals surface area contributed by atoms with Gasteiger partial charge in [-0.05, 0) is 65.6 Å². The van der Waals surface area contributed by atoms with Crippen LogP contribution in [0.5, 0.6) is 5.75 Å². The Labute approximate surface area is 232 Å². The molecule has 11 heteroatoms. The highest BCUT2D eigenvalue weighted by atomic mass is 79.9. The fourth-order valence-corrected chi connectivity index (χ4v) is 6.42. The highest BCUT2D eigenvalue weighted by Crippen LogP contribution is 2.46. The van der Waals surface area contributed by atoms with Gasteiger partial charge < -0.3 is 18.9 Å². The van der Waals surface area contributed by atoms with Crippen molar-refractivity contribution < 1.29 is 27.2 Å². The van der Waals surface area contributed by atoms with E-state index >= 15 is 0 Å². The van der Waals surface area contributed by atoms with Gasteiger partial charge in [-0.1, -0.05) is 38.1 Å². The van der Waals surface area contributed by atoms with Crippen LogP contribution >= 0.6 is 27.3 Å².